The molecule has 0 amide bonds. The van der Waals surface area contributed by atoms with E-state index >= 15 is 0 Å². The first-order valence-corrected chi connectivity index (χ1v) is 5.07. The molecule has 0 saturated heterocycles. The second-order valence-electron chi connectivity index (χ2n) is 4.11. The van der Waals surface area contributed by atoms with Gasteiger partial charge in [-0.25, -0.2) is 14.4 Å². The second-order valence-corrected chi connectivity index (χ2v) is 4.11. The molecule has 0 atom stereocenters. The average molecular weight is 255 g/mol. The maximum atomic E-state index is 11.4. The third-order valence-electron chi connectivity index (χ3n) is 1.34. The van der Waals surface area contributed by atoms with E-state index in [0.29, 0.717) is 0 Å². The number of hydrogen-bond donors (Lipinski definition) is 0. The van der Waals surface area contributed by atoms with Crippen molar-refractivity contribution in [2.75, 3.05) is 6.61 Å². The number of carbonyl (C=O) groups is 2. The Hall–Kier alpha value is -2.11. The Kier molecular flexibility index (Phi) is 6.41. The molecule has 0 aromatic rings. The number of esters is 2. The van der Waals surface area contributed by atoms with E-state index in [4.69, 9.17) is 4.74 Å². The zero-order chi connectivity index (χ0) is 14.2. The van der Waals surface area contributed by atoms with Crippen LogP contribution in [0.5, 0.6) is 0 Å². The van der Waals surface area contributed by atoms with Gasteiger partial charge in [0, 0.05) is 0 Å². The van der Waals surface area contributed by atoms with Crippen molar-refractivity contribution in [2.24, 2.45) is 0 Å². The molecule has 6 nitrogen and oxygen atoms in total. The van der Waals surface area contributed by atoms with Crippen molar-refractivity contribution in [3.63, 3.8) is 0 Å². The van der Waals surface area contributed by atoms with Crippen LogP contribution in [-0.4, -0.2) is 30.6 Å². The van der Waals surface area contributed by atoms with E-state index in [0.717, 1.165) is 12.5 Å². The maximum Gasteiger partial charge on any atom is 0.423 e. The van der Waals surface area contributed by atoms with E-state index in [1.165, 1.54) is 6.08 Å². The molecule has 0 rings (SSSR count). The molecule has 0 unspecified atom stereocenters. The lowest BCUT2D eigenvalue weighted by atomic mass is 10.2. The van der Waals surface area contributed by atoms with Crippen LogP contribution in [0.2, 0.25) is 0 Å². The highest BCUT2D eigenvalue weighted by molar-refractivity contribution is 5.95. The molecule has 0 aliphatic rings. The van der Waals surface area contributed by atoms with Gasteiger partial charge in [-0.2, -0.15) is 0 Å². The van der Waals surface area contributed by atoms with Crippen molar-refractivity contribution in [2.45, 2.75) is 26.4 Å². The van der Waals surface area contributed by atoms with Gasteiger partial charge in [-0.1, -0.05) is 12.7 Å². The minimum Gasteiger partial charge on any atom is -0.457 e. The Labute approximate surface area is 105 Å². The lowest BCUT2D eigenvalue weighted by Crippen LogP contribution is -2.23. The summed E-state index contributed by atoms with van der Waals surface area (Å²) in [7, 11) is 0. The van der Waals surface area contributed by atoms with Gasteiger partial charge in [0.1, 0.15) is 12.2 Å². The molecule has 0 aromatic heterocycles. The number of hydrogen-bond acceptors (Lipinski definition) is 6. The zero-order valence-corrected chi connectivity index (χ0v) is 10.5. The van der Waals surface area contributed by atoms with Crippen molar-refractivity contribution in [3.8, 4) is 0 Å². The predicted octanol–water partition coefficient (Wildman–Crippen LogP) is 1.02. The number of carbonyl (C=O) groups excluding carboxylic acids is 3. The van der Waals surface area contributed by atoms with Gasteiger partial charge in [0.25, 0.3) is 0 Å². The molecule has 18 heavy (non-hydrogen) atoms. The molecule has 99 valence electrons. The van der Waals surface area contributed by atoms with Gasteiger partial charge in [-0.3, -0.25) is 0 Å². The van der Waals surface area contributed by atoms with Gasteiger partial charge in [0.15, 0.2) is 0 Å². The second kappa shape index (κ2) is 7.26. The summed E-state index contributed by atoms with van der Waals surface area (Å²) in [4.78, 5) is 32.8. The summed E-state index contributed by atoms with van der Waals surface area (Å²) in [6.07, 6.45) is 2.05. The molecule has 0 fully saturated rings. The van der Waals surface area contributed by atoms with Crippen LogP contribution in [0, 0.1) is 0 Å². The Balaban J connectivity index is 4.76. The summed E-state index contributed by atoms with van der Waals surface area (Å²) < 4.78 is 13.7. The van der Waals surface area contributed by atoms with Gasteiger partial charge in [-0.15, -0.1) is 0 Å². The van der Waals surface area contributed by atoms with Gasteiger partial charge in [-0.05, 0) is 20.8 Å². The molecule has 0 aliphatic carbocycles. The molecule has 0 aliphatic heterocycles. The average Bonchev–Trinajstić information content (AvgIpc) is 2.22. The monoisotopic (exact) mass is 255 g/mol. The van der Waals surface area contributed by atoms with E-state index in [1.807, 2.05) is 0 Å². The van der Waals surface area contributed by atoms with Gasteiger partial charge >= 0.3 is 18.4 Å². The summed E-state index contributed by atoms with van der Waals surface area (Å²) in [6.45, 7) is 9.27. The topological polar surface area (TPSA) is 78.9 Å². The molecule has 0 bridgehead atoms. The van der Waals surface area contributed by atoms with Crippen LogP contribution in [-0.2, 0) is 28.6 Å². The van der Waals surface area contributed by atoms with Crippen molar-refractivity contribution < 1.29 is 28.6 Å². The molecule has 0 saturated carbocycles. The van der Waals surface area contributed by atoms with Crippen LogP contribution in [0.1, 0.15) is 20.8 Å². The van der Waals surface area contributed by atoms with Gasteiger partial charge < -0.3 is 14.2 Å². The SMILES string of the molecule is C=CCOC(=O)C(=CC(=O)OC(C)(C)C)O[C]=O. The van der Waals surface area contributed by atoms with Crippen LogP contribution in [0.3, 0.4) is 0 Å². The Bertz CT molecular complexity index is 361. The van der Waals surface area contributed by atoms with E-state index in [9.17, 15) is 14.4 Å². The molecule has 0 N–H and O–H groups in total. The fourth-order valence-electron chi connectivity index (χ4n) is 0.819. The maximum absolute atomic E-state index is 11.4. The van der Waals surface area contributed by atoms with Gasteiger partial charge in [0.2, 0.25) is 5.76 Å². The van der Waals surface area contributed by atoms with E-state index in [-0.39, 0.29) is 6.61 Å². The normalized spacial score (nSPS) is 11.4. The Morgan fingerprint density at radius 1 is 1.33 bits per heavy atom. The van der Waals surface area contributed by atoms with Crippen molar-refractivity contribution in [1.29, 1.82) is 0 Å². The molecule has 6 heteroatoms. The minimum absolute atomic E-state index is 0.0767. The third kappa shape index (κ3) is 7.21. The van der Waals surface area contributed by atoms with Crippen LogP contribution >= 0.6 is 0 Å². The molecule has 1 radical (unpaired) electrons. The van der Waals surface area contributed by atoms with Crippen LogP contribution in [0.15, 0.2) is 24.5 Å². The zero-order valence-electron chi connectivity index (χ0n) is 10.5. The smallest absolute Gasteiger partial charge is 0.423 e. The highest BCUT2D eigenvalue weighted by atomic mass is 16.6. The standard InChI is InChI=1S/C12H15O6/c1-5-6-16-11(15)9(17-8-13)7-10(14)18-12(2,3)4/h5,7H,1,6H2,2-4H3. The first kappa shape index (κ1) is 15.9. The lowest BCUT2D eigenvalue weighted by molar-refractivity contribution is -0.150. The molecule has 0 heterocycles. The lowest BCUT2D eigenvalue weighted by Gasteiger charge is -2.18. The van der Waals surface area contributed by atoms with E-state index in [1.54, 1.807) is 20.8 Å². The van der Waals surface area contributed by atoms with Crippen LogP contribution in [0.25, 0.3) is 0 Å². The Morgan fingerprint density at radius 2 is 1.94 bits per heavy atom. The molecular formula is C12H15O6. The highest BCUT2D eigenvalue weighted by Gasteiger charge is 2.19. The molecule has 0 spiro atoms. The van der Waals surface area contributed by atoms with Gasteiger partial charge in [0.05, 0.1) is 6.08 Å². The van der Waals surface area contributed by atoms with Crippen LogP contribution in [0.4, 0.5) is 0 Å². The molecule has 0 aromatic carbocycles. The largest absolute Gasteiger partial charge is 0.457 e. The summed E-state index contributed by atoms with van der Waals surface area (Å²) in [5.74, 6) is -2.41. The van der Waals surface area contributed by atoms with Crippen molar-refractivity contribution in [3.05, 3.63) is 24.5 Å². The quantitative estimate of drug-likeness (QED) is 0.232. The number of rotatable bonds is 6. The first-order valence-electron chi connectivity index (χ1n) is 5.07. The predicted molar refractivity (Wildman–Crippen MR) is 61.9 cm³/mol. The highest BCUT2D eigenvalue weighted by Crippen LogP contribution is 2.09. The fourth-order valence-corrected chi connectivity index (χ4v) is 0.819. The number of ether oxygens (including phenoxy) is 3. The van der Waals surface area contributed by atoms with Crippen molar-refractivity contribution in [1.82, 2.24) is 0 Å². The Morgan fingerprint density at radius 3 is 2.39 bits per heavy atom. The fraction of sp³-hybridized carbons (Fsp3) is 0.417. The van der Waals surface area contributed by atoms with E-state index in [2.05, 4.69) is 16.1 Å². The summed E-state index contributed by atoms with van der Waals surface area (Å²) in [6, 6.07) is 0. The minimum atomic E-state index is -0.982. The summed E-state index contributed by atoms with van der Waals surface area (Å²) in [5.41, 5.74) is -0.728. The van der Waals surface area contributed by atoms with Crippen LogP contribution < -0.4 is 0 Å². The third-order valence-corrected chi connectivity index (χ3v) is 1.34. The first-order chi connectivity index (χ1) is 8.30. The van der Waals surface area contributed by atoms with E-state index < -0.39 is 23.3 Å². The molecular weight excluding hydrogens is 240 g/mol. The summed E-state index contributed by atoms with van der Waals surface area (Å²) in [5, 5.41) is 0. The summed E-state index contributed by atoms with van der Waals surface area (Å²) >= 11 is 0. The van der Waals surface area contributed by atoms with Crippen molar-refractivity contribution >= 4 is 18.4 Å².